The first-order chi connectivity index (χ1) is 20.7. The number of hydrogen-bond donors (Lipinski definition) is 3. The molecule has 1 saturated heterocycles. The van der Waals surface area contributed by atoms with Gasteiger partial charge in [0, 0.05) is 41.8 Å². The Hall–Kier alpha value is -3.43. The van der Waals surface area contributed by atoms with E-state index in [0.29, 0.717) is 30.9 Å². The molecule has 2 aliphatic heterocycles. The number of carboxylic acid groups (broad SMARTS) is 1. The molecule has 0 bridgehead atoms. The second-order valence-corrected chi connectivity index (χ2v) is 12.2. The third kappa shape index (κ3) is 7.61. The molecule has 0 aliphatic carbocycles. The molecule has 2 aliphatic rings. The maximum absolute atomic E-state index is 15.1. The zero-order valence-corrected chi connectivity index (χ0v) is 25.2. The van der Waals surface area contributed by atoms with Crippen LogP contribution in [-0.4, -0.2) is 77.5 Å². The first kappa shape index (κ1) is 33.5. The number of likely N-dealkylation sites (tertiary alicyclic amines) is 1. The maximum Gasteiger partial charge on any atom is 0.338 e. The van der Waals surface area contributed by atoms with Crippen molar-refractivity contribution in [2.45, 2.75) is 58.0 Å². The molecule has 240 valence electrons. The number of aliphatic carboxylic acids is 1. The Kier molecular flexibility index (Phi) is 10.4. The Balaban J connectivity index is 1.65. The molecule has 2 aromatic rings. The van der Waals surface area contributed by atoms with Crippen molar-refractivity contribution >= 4 is 29.1 Å². The van der Waals surface area contributed by atoms with Gasteiger partial charge in [-0.05, 0) is 52.8 Å². The minimum atomic E-state index is -3.03. The van der Waals surface area contributed by atoms with Crippen LogP contribution in [0.25, 0.3) is 0 Å². The second-order valence-electron chi connectivity index (χ2n) is 11.3. The Morgan fingerprint density at radius 3 is 2.64 bits per heavy atom. The third-order valence-corrected chi connectivity index (χ3v) is 8.40. The van der Waals surface area contributed by atoms with Crippen LogP contribution in [0, 0.1) is 22.9 Å². The third-order valence-electron chi connectivity index (χ3n) is 7.62. The summed E-state index contributed by atoms with van der Waals surface area (Å²) in [7, 11) is 0. The highest BCUT2D eigenvalue weighted by Gasteiger charge is 2.46. The van der Waals surface area contributed by atoms with E-state index in [9.17, 15) is 32.3 Å². The molecule has 1 fully saturated rings. The summed E-state index contributed by atoms with van der Waals surface area (Å²) in [4.78, 5) is 34.8. The molecule has 3 heterocycles. The number of aromatic nitrogens is 1. The van der Waals surface area contributed by atoms with Crippen LogP contribution in [0.1, 0.15) is 56.6 Å². The van der Waals surface area contributed by atoms with Gasteiger partial charge in [-0.2, -0.15) is 0 Å². The highest BCUT2D eigenvalue weighted by molar-refractivity contribution is 7.11. The van der Waals surface area contributed by atoms with E-state index in [1.807, 2.05) is 0 Å². The number of carboxylic acids is 1. The summed E-state index contributed by atoms with van der Waals surface area (Å²) >= 11 is 1.17. The average molecular weight is 644 g/mol. The van der Waals surface area contributed by atoms with Crippen molar-refractivity contribution in [3.63, 3.8) is 0 Å². The first-order valence-corrected chi connectivity index (χ1v) is 15.0. The molecule has 15 heteroatoms. The minimum Gasteiger partial charge on any atom is -0.481 e. The normalized spacial score (nSPS) is 20.4. The molecule has 4 rings (SSSR count). The van der Waals surface area contributed by atoms with E-state index < -0.39 is 71.3 Å². The fraction of sp³-hybridized carbons (Fsp3) is 0.517. The van der Waals surface area contributed by atoms with Crippen LogP contribution in [-0.2, 0) is 14.3 Å². The number of hydrogen-bond acceptors (Lipinski definition) is 9. The number of carbonyl (C=O) groups excluding carboxylic acids is 1. The van der Waals surface area contributed by atoms with Crippen LogP contribution in [0.3, 0.4) is 0 Å². The SMILES string of the molecule is CCOC(=O)C1=C(CN2CC(F)(F)C[C@@H]2CCNCCC(C)(C)C(=O)O)NC(c2nccs2)=N[C@@H]1c1ccc(F)c(F)c1F. The number of carbonyl (C=O) groups is 2. The topological polar surface area (TPSA) is 116 Å². The van der Waals surface area contributed by atoms with Crippen LogP contribution >= 0.6 is 11.3 Å². The molecule has 0 amide bonds. The van der Waals surface area contributed by atoms with Gasteiger partial charge in [-0.15, -0.1) is 11.3 Å². The number of nitrogens with one attached hydrogen (secondary N) is 2. The number of alkyl halides is 2. The lowest BCUT2D eigenvalue weighted by Crippen LogP contribution is -2.42. The number of amidine groups is 1. The lowest BCUT2D eigenvalue weighted by molar-refractivity contribution is -0.147. The molecule has 0 saturated carbocycles. The van der Waals surface area contributed by atoms with Crippen LogP contribution < -0.4 is 10.6 Å². The minimum absolute atomic E-state index is 0.0690. The summed E-state index contributed by atoms with van der Waals surface area (Å²) in [5.74, 6) is -9.49. The van der Waals surface area contributed by atoms with Gasteiger partial charge in [0.2, 0.25) is 0 Å². The van der Waals surface area contributed by atoms with Gasteiger partial charge in [0.25, 0.3) is 5.92 Å². The summed E-state index contributed by atoms with van der Waals surface area (Å²) in [6.07, 6.45) is 1.67. The molecular weight excluding hydrogens is 609 g/mol. The summed E-state index contributed by atoms with van der Waals surface area (Å²) in [5, 5.41) is 17.4. The zero-order chi connectivity index (χ0) is 32.2. The number of benzene rings is 1. The molecule has 3 N–H and O–H groups in total. The van der Waals surface area contributed by atoms with Crippen LogP contribution in [0.5, 0.6) is 0 Å². The van der Waals surface area contributed by atoms with Crippen molar-refractivity contribution in [2.75, 3.05) is 32.8 Å². The van der Waals surface area contributed by atoms with Crippen LogP contribution in [0.2, 0.25) is 0 Å². The highest BCUT2D eigenvalue weighted by Crippen LogP contribution is 2.38. The van der Waals surface area contributed by atoms with Gasteiger partial charge in [-0.1, -0.05) is 6.07 Å². The molecule has 1 aromatic heterocycles. The molecule has 2 atom stereocenters. The van der Waals surface area contributed by atoms with E-state index in [2.05, 4.69) is 20.6 Å². The molecule has 1 aromatic carbocycles. The Morgan fingerprint density at radius 1 is 1.23 bits per heavy atom. The Morgan fingerprint density at radius 2 is 1.98 bits per heavy atom. The maximum atomic E-state index is 15.1. The Labute approximate surface area is 255 Å². The monoisotopic (exact) mass is 643 g/mol. The molecule has 0 spiro atoms. The number of thiazole rings is 1. The van der Waals surface area contributed by atoms with Crippen LogP contribution in [0.15, 0.2) is 40.0 Å². The standard InChI is InChI=1S/C29H34F5N5O4S/c1-4-43-26(40)20-19(14-39-15-29(33,34)13-16(39)7-9-35-10-8-28(2,3)27(41)42)37-24(25-36-11-12-44-25)38-23(20)17-5-6-18(30)22(32)21(17)31/h5-6,11-12,16,23,35H,4,7-10,13-15H2,1-3H3,(H,37,38)(H,41,42)/t16-,23+/m0/s1. The number of aliphatic imine (C=N–C) groups is 1. The van der Waals surface area contributed by atoms with Crippen LogP contribution in [0.4, 0.5) is 22.0 Å². The quantitative estimate of drug-likeness (QED) is 0.125. The summed E-state index contributed by atoms with van der Waals surface area (Å²) in [6, 6.07) is -0.421. The number of nitrogens with zero attached hydrogens (tertiary/aromatic N) is 3. The molecule has 0 radical (unpaired) electrons. The van der Waals surface area contributed by atoms with Gasteiger partial charge in [0.15, 0.2) is 28.3 Å². The molecule has 9 nitrogen and oxygen atoms in total. The van der Waals surface area contributed by atoms with E-state index in [1.165, 1.54) is 22.4 Å². The van der Waals surface area contributed by atoms with E-state index in [1.54, 1.807) is 26.2 Å². The smallest absolute Gasteiger partial charge is 0.338 e. The fourth-order valence-electron chi connectivity index (χ4n) is 5.13. The summed E-state index contributed by atoms with van der Waals surface area (Å²) < 4.78 is 78.0. The summed E-state index contributed by atoms with van der Waals surface area (Å²) in [6.45, 7) is 4.55. The van der Waals surface area contributed by atoms with Gasteiger partial charge < -0.3 is 20.5 Å². The van der Waals surface area contributed by atoms with Crippen molar-refractivity contribution in [1.82, 2.24) is 20.5 Å². The highest BCUT2D eigenvalue weighted by atomic mass is 32.1. The number of ether oxygens (including phenoxy) is 1. The van der Waals surface area contributed by atoms with E-state index >= 15 is 4.39 Å². The van der Waals surface area contributed by atoms with Crippen molar-refractivity contribution in [2.24, 2.45) is 10.4 Å². The van der Waals surface area contributed by atoms with E-state index in [0.717, 1.165) is 12.1 Å². The molecular formula is C29H34F5N5O4S. The predicted octanol–water partition coefficient (Wildman–Crippen LogP) is 4.66. The van der Waals surface area contributed by atoms with E-state index in [-0.39, 0.29) is 30.3 Å². The van der Waals surface area contributed by atoms with Crippen molar-refractivity contribution in [3.8, 4) is 0 Å². The van der Waals surface area contributed by atoms with Crippen molar-refractivity contribution in [1.29, 1.82) is 0 Å². The van der Waals surface area contributed by atoms with Crippen molar-refractivity contribution in [3.05, 3.63) is 63.0 Å². The number of esters is 1. The van der Waals surface area contributed by atoms with Gasteiger partial charge in [0.05, 0.1) is 24.1 Å². The van der Waals surface area contributed by atoms with Gasteiger partial charge >= 0.3 is 11.9 Å². The van der Waals surface area contributed by atoms with Crippen molar-refractivity contribution < 1.29 is 41.4 Å². The predicted molar refractivity (Wildman–Crippen MR) is 153 cm³/mol. The number of rotatable bonds is 13. The molecule has 44 heavy (non-hydrogen) atoms. The fourth-order valence-corrected chi connectivity index (χ4v) is 5.72. The lowest BCUT2D eigenvalue weighted by Gasteiger charge is -2.31. The Bertz CT molecular complexity index is 1430. The van der Waals surface area contributed by atoms with Gasteiger partial charge in [-0.25, -0.2) is 31.7 Å². The first-order valence-electron chi connectivity index (χ1n) is 14.1. The van der Waals surface area contributed by atoms with E-state index in [4.69, 9.17) is 4.74 Å². The zero-order valence-electron chi connectivity index (χ0n) is 24.4. The second kappa shape index (κ2) is 13.7. The van der Waals surface area contributed by atoms with Gasteiger partial charge in [0.1, 0.15) is 6.04 Å². The van der Waals surface area contributed by atoms with Gasteiger partial charge in [-0.3, -0.25) is 14.7 Å². The lowest BCUT2D eigenvalue weighted by atomic mass is 9.90. The summed E-state index contributed by atoms with van der Waals surface area (Å²) in [5.41, 5.74) is -1.50. The average Bonchev–Trinajstić information content (AvgIpc) is 3.59. The largest absolute Gasteiger partial charge is 0.481 e. The number of halogens is 5. The molecule has 0 unspecified atom stereocenters.